The molecule has 0 aliphatic heterocycles. The number of rotatable bonds is 4. The summed E-state index contributed by atoms with van der Waals surface area (Å²) in [7, 11) is 0. The molecular formula is C18H15N3O2. The number of pyridine rings is 1. The number of nitrogens with one attached hydrogen (secondary N) is 1. The Bertz CT molecular complexity index is 892. The number of ketones is 1. The Morgan fingerprint density at radius 2 is 1.91 bits per heavy atom. The SMILES string of the molecule is CC(=O)c1ccc(NC(=O)/C=C/c2cnc3ccccn23)cc1. The van der Waals surface area contributed by atoms with Gasteiger partial charge in [-0.05, 0) is 49.4 Å². The first-order valence-electron chi connectivity index (χ1n) is 7.15. The fourth-order valence-corrected chi connectivity index (χ4v) is 2.21. The van der Waals surface area contributed by atoms with Gasteiger partial charge in [0.25, 0.3) is 0 Å². The average Bonchev–Trinajstić information content (AvgIpc) is 2.97. The maximum atomic E-state index is 12.0. The predicted octanol–water partition coefficient (Wildman–Crippen LogP) is 3.19. The molecule has 0 fully saturated rings. The number of hydrogen-bond donors (Lipinski definition) is 1. The third kappa shape index (κ3) is 3.35. The van der Waals surface area contributed by atoms with E-state index in [0.717, 1.165) is 11.3 Å². The molecule has 0 atom stereocenters. The molecule has 0 saturated carbocycles. The largest absolute Gasteiger partial charge is 0.323 e. The molecule has 3 aromatic rings. The standard InChI is InChI=1S/C18H15N3O2/c1-13(22)14-5-7-15(8-6-14)20-18(23)10-9-16-12-19-17-4-2-3-11-21(16)17/h2-12H,1H3,(H,20,23)/b10-9+. The Balaban J connectivity index is 1.70. The number of nitrogens with zero attached hydrogens (tertiary/aromatic N) is 2. The van der Waals surface area contributed by atoms with Crippen molar-refractivity contribution < 1.29 is 9.59 Å². The van der Waals surface area contributed by atoms with Crippen LogP contribution in [0.2, 0.25) is 0 Å². The molecule has 0 bridgehead atoms. The lowest BCUT2D eigenvalue weighted by molar-refractivity contribution is -0.111. The van der Waals surface area contributed by atoms with Crippen LogP contribution in [-0.4, -0.2) is 21.1 Å². The number of fused-ring (bicyclic) bond motifs is 1. The van der Waals surface area contributed by atoms with Gasteiger partial charge in [-0.25, -0.2) is 4.98 Å². The van der Waals surface area contributed by atoms with E-state index in [1.165, 1.54) is 13.0 Å². The molecule has 0 radical (unpaired) electrons. The number of benzene rings is 1. The molecule has 0 aliphatic carbocycles. The van der Waals surface area contributed by atoms with Crippen LogP contribution in [0.15, 0.2) is 60.9 Å². The van der Waals surface area contributed by atoms with Gasteiger partial charge in [0.15, 0.2) is 5.78 Å². The molecular weight excluding hydrogens is 290 g/mol. The number of carbonyl (C=O) groups is 2. The van der Waals surface area contributed by atoms with Crippen LogP contribution in [0, 0.1) is 0 Å². The average molecular weight is 305 g/mol. The quantitative estimate of drug-likeness (QED) is 0.595. The molecule has 5 heteroatoms. The highest BCUT2D eigenvalue weighted by Gasteiger charge is 2.02. The van der Waals surface area contributed by atoms with Gasteiger partial charge in [-0.3, -0.25) is 9.59 Å². The normalized spacial score (nSPS) is 11.0. The van der Waals surface area contributed by atoms with E-state index in [9.17, 15) is 9.59 Å². The zero-order valence-electron chi connectivity index (χ0n) is 12.6. The number of amides is 1. The van der Waals surface area contributed by atoms with Crippen molar-refractivity contribution in [3.8, 4) is 0 Å². The van der Waals surface area contributed by atoms with Gasteiger partial charge in [-0.15, -0.1) is 0 Å². The summed E-state index contributed by atoms with van der Waals surface area (Å²) in [5.41, 5.74) is 2.90. The van der Waals surface area contributed by atoms with Gasteiger partial charge in [-0.2, -0.15) is 0 Å². The molecule has 1 N–H and O–H groups in total. The number of hydrogen-bond acceptors (Lipinski definition) is 3. The van der Waals surface area contributed by atoms with Crippen LogP contribution in [0.1, 0.15) is 23.0 Å². The summed E-state index contributed by atoms with van der Waals surface area (Å²) in [5, 5.41) is 2.75. The topological polar surface area (TPSA) is 63.5 Å². The van der Waals surface area contributed by atoms with Gasteiger partial charge >= 0.3 is 0 Å². The molecule has 0 unspecified atom stereocenters. The first-order valence-corrected chi connectivity index (χ1v) is 7.15. The molecule has 0 saturated heterocycles. The maximum absolute atomic E-state index is 12.0. The van der Waals surface area contributed by atoms with E-state index in [4.69, 9.17) is 0 Å². The van der Waals surface area contributed by atoms with Crippen LogP contribution in [0.3, 0.4) is 0 Å². The van der Waals surface area contributed by atoms with Crippen LogP contribution in [0.5, 0.6) is 0 Å². The van der Waals surface area contributed by atoms with E-state index in [1.807, 2.05) is 28.8 Å². The van der Waals surface area contributed by atoms with Crippen LogP contribution in [-0.2, 0) is 4.79 Å². The number of carbonyl (C=O) groups excluding carboxylic acids is 2. The van der Waals surface area contributed by atoms with Crippen LogP contribution < -0.4 is 5.32 Å². The minimum Gasteiger partial charge on any atom is -0.323 e. The lowest BCUT2D eigenvalue weighted by Gasteiger charge is -2.02. The van der Waals surface area contributed by atoms with Crippen LogP contribution >= 0.6 is 0 Å². The number of Topliss-reactive ketones (excluding diaryl/α,β-unsaturated/α-hetero) is 1. The van der Waals surface area contributed by atoms with Gasteiger partial charge in [0.05, 0.1) is 11.9 Å². The van der Waals surface area contributed by atoms with Crippen molar-refractivity contribution in [1.29, 1.82) is 0 Å². The monoisotopic (exact) mass is 305 g/mol. The van der Waals surface area contributed by atoms with Gasteiger partial charge < -0.3 is 9.72 Å². The van der Waals surface area contributed by atoms with Crippen molar-refractivity contribution in [3.63, 3.8) is 0 Å². The Morgan fingerprint density at radius 1 is 1.13 bits per heavy atom. The highest BCUT2D eigenvalue weighted by atomic mass is 16.1. The molecule has 2 heterocycles. The fourth-order valence-electron chi connectivity index (χ4n) is 2.21. The molecule has 114 valence electrons. The second kappa shape index (κ2) is 6.27. The molecule has 0 spiro atoms. The van der Waals surface area contributed by atoms with Crippen molar-refractivity contribution >= 4 is 29.1 Å². The van der Waals surface area contributed by atoms with E-state index in [2.05, 4.69) is 10.3 Å². The molecule has 0 aliphatic rings. The molecule has 5 nitrogen and oxygen atoms in total. The highest BCUT2D eigenvalue weighted by Crippen LogP contribution is 2.11. The van der Waals surface area contributed by atoms with Crippen LogP contribution in [0.25, 0.3) is 11.7 Å². The van der Waals surface area contributed by atoms with Gasteiger partial charge in [-0.1, -0.05) is 6.07 Å². The van der Waals surface area contributed by atoms with E-state index < -0.39 is 0 Å². The van der Waals surface area contributed by atoms with Crippen molar-refractivity contribution in [2.75, 3.05) is 5.32 Å². The first-order chi connectivity index (χ1) is 11.1. The smallest absolute Gasteiger partial charge is 0.248 e. The van der Waals surface area contributed by atoms with Gasteiger partial charge in [0.2, 0.25) is 5.91 Å². The Morgan fingerprint density at radius 3 is 2.65 bits per heavy atom. The lowest BCUT2D eigenvalue weighted by Crippen LogP contribution is -2.08. The minimum atomic E-state index is -0.244. The molecule has 23 heavy (non-hydrogen) atoms. The summed E-state index contributed by atoms with van der Waals surface area (Å²) < 4.78 is 1.89. The molecule has 1 amide bonds. The highest BCUT2D eigenvalue weighted by molar-refractivity contribution is 6.02. The van der Waals surface area contributed by atoms with Gasteiger partial charge in [0, 0.05) is 23.5 Å². The Hall–Kier alpha value is -3.21. The maximum Gasteiger partial charge on any atom is 0.248 e. The van der Waals surface area contributed by atoms with Gasteiger partial charge in [0.1, 0.15) is 5.65 Å². The second-order valence-corrected chi connectivity index (χ2v) is 5.07. The first kappa shape index (κ1) is 14.7. The zero-order chi connectivity index (χ0) is 16.2. The van der Waals surface area contributed by atoms with Crippen molar-refractivity contribution in [3.05, 3.63) is 72.2 Å². The number of aromatic nitrogens is 2. The predicted molar refractivity (Wildman–Crippen MR) is 89.3 cm³/mol. The molecule has 1 aromatic carbocycles. The van der Waals surface area contributed by atoms with Crippen LogP contribution in [0.4, 0.5) is 5.69 Å². The minimum absolute atomic E-state index is 0.00427. The Kier molecular flexibility index (Phi) is 4.01. The van der Waals surface area contributed by atoms with E-state index in [1.54, 1.807) is 36.5 Å². The summed E-state index contributed by atoms with van der Waals surface area (Å²) in [6, 6.07) is 12.5. The molecule has 3 rings (SSSR count). The summed E-state index contributed by atoms with van der Waals surface area (Å²) in [6.45, 7) is 1.51. The van der Waals surface area contributed by atoms with Crippen molar-refractivity contribution in [2.24, 2.45) is 0 Å². The molecule has 2 aromatic heterocycles. The number of anilines is 1. The summed E-state index contributed by atoms with van der Waals surface area (Å²) in [6.07, 6.45) is 6.76. The van der Waals surface area contributed by atoms with Crippen molar-refractivity contribution in [1.82, 2.24) is 9.38 Å². The number of imidazole rings is 1. The summed E-state index contributed by atoms with van der Waals surface area (Å²) in [5.74, 6) is -0.248. The van der Waals surface area contributed by atoms with E-state index in [0.29, 0.717) is 11.3 Å². The van der Waals surface area contributed by atoms with E-state index >= 15 is 0 Å². The summed E-state index contributed by atoms with van der Waals surface area (Å²) >= 11 is 0. The third-order valence-electron chi connectivity index (χ3n) is 3.41. The second-order valence-electron chi connectivity index (χ2n) is 5.07. The third-order valence-corrected chi connectivity index (χ3v) is 3.41. The fraction of sp³-hybridized carbons (Fsp3) is 0.0556. The van der Waals surface area contributed by atoms with Crippen molar-refractivity contribution in [2.45, 2.75) is 6.92 Å². The lowest BCUT2D eigenvalue weighted by atomic mass is 10.1. The Labute approximate surface area is 133 Å². The van der Waals surface area contributed by atoms with E-state index in [-0.39, 0.29) is 11.7 Å². The zero-order valence-corrected chi connectivity index (χ0v) is 12.6. The summed E-state index contributed by atoms with van der Waals surface area (Å²) in [4.78, 5) is 27.4.